The van der Waals surface area contributed by atoms with E-state index < -0.39 is 0 Å². The first kappa shape index (κ1) is 5.00. The van der Waals surface area contributed by atoms with Gasteiger partial charge >= 0.3 is 0 Å². The molecule has 0 saturated carbocycles. The summed E-state index contributed by atoms with van der Waals surface area (Å²) in [5.41, 5.74) is 0. The Hall–Kier alpha value is -0.150. The molecule has 1 aliphatic heterocycles. The van der Waals surface area contributed by atoms with Crippen molar-refractivity contribution in [3.63, 3.8) is 0 Å². The molecule has 0 aromatic rings. The average Bonchev–Trinajstić information content (AvgIpc) is 1.87. The average molecular weight is 117 g/mol. The van der Waals surface area contributed by atoms with Crippen LogP contribution < -0.4 is 5.32 Å². The smallest absolute Gasteiger partial charge is 0.0780 e. The van der Waals surface area contributed by atoms with Crippen molar-refractivity contribution in [2.75, 3.05) is 6.54 Å². The number of aliphatic hydroxyl groups excluding tert-OH is 1. The van der Waals surface area contributed by atoms with Crippen LogP contribution in [0.25, 0.3) is 0 Å². The molecule has 3 heteroatoms. The minimum Gasteiger partial charge on any atom is -0.391 e. The first-order chi connectivity index (χ1) is 3.29. The van der Waals surface area contributed by atoms with Crippen molar-refractivity contribution in [2.24, 2.45) is 0 Å². The zero-order valence-electron chi connectivity index (χ0n) is 3.85. The van der Waals surface area contributed by atoms with Crippen molar-refractivity contribution < 1.29 is 5.11 Å². The van der Waals surface area contributed by atoms with Crippen LogP contribution in [0.3, 0.4) is 0 Å². The highest BCUT2D eigenvalue weighted by Crippen LogP contribution is 1.98. The Morgan fingerprint density at radius 1 is 1.86 bits per heavy atom. The van der Waals surface area contributed by atoms with Gasteiger partial charge in [-0.05, 0) is 0 Å². The fraction of sp³-hybridized carbons (Fsp3) is 0.750. The quantitative estimate of drug-likeness (QED) is 0.426. The van der Waals surface area contributed by atoms with Crippen LogP contribution in [0.15, 0.2) is 0 Å². The number of β-amino-alcohol motifs (C(OH)–C–C–N with tert-alkyl or cyclic N) is 1. The van der Waals surface area contributed by atoms with Crippen molar-refractivity contribution in [1.29, 1.82) is 0 Å². The maximum atomic E-state index is 8.75. The molecule has 1 fully saturated rings. The molecule has 2 N–H and O–H groups in total. The molecular weight excluding hydrogens is 110 g/mol. The Labute approximate surface area is 47.5 Å². The predicted molar refractivity (Wildman–Crippen MR) is 31.2 cm³/mol. The molecule has 0 aromatic heterocycles. The summed E-state index contributed by atoms with van der Waals surface area (Å²) in [6.45, 7) is 0.638. The number of nitrogens with one attached hydrogen (secondary N) is 1. The van der Waals surface area contributed by atoms with Crippen molar-refractivity contribution in [3.8, 4) is 0 Å². The van der Waals surface area contributed by atoms with Crippen molar-refractivity contribution in [2.45, 2.75) is 12.5 Å². The fourth-order valence-corrected chi connectivity index (χ4v) is 0.866. The lowest BCUT2D eigenvalue weighted by Crippen LogP contribution is -2.13. The highest BCUT2D eigenvalue weighted by atomic mass is 32.1. The van der Waals surface area contributed by atoms with Gasteiger partial charge in [0.25, 0.3) is 0 Å². The number of aliphatic hydroxyl groups is 1. The van der Waals surface area contributed by atoms with Crippen molar-refractivity contribution in [1.82, 2.24) is 5.32 Å². The molecule has 0 aliphatic carbocycles. The molecule has 7 heavy (non-hydrogen) atoms. The topological polar surface area (TPSA) is 32.3 Å². The first-order valence-electron chi connectivity index (χ1n) is 2.24. The summed E-state index contributed by atoms with van der Waals surface area (Å²) in [7, 11) is 0. The Morgan fingerprint density at radius 3 is 2.71 bits per heavy atom. The Balaban J connectivity index is 2.40. The lowest BCUT2D eigenvalue weighted by Gasteiger charge is -1.89. The lowest BCUT2D eigenvalue weighted by atomic mass is 10.3. The molecule has 1 atom stereocenters. The SMILES string of the molecule is OC1CNC(=S)C1. The van der Waals surface area contributed by atoms with E-state index in [9.17, 15) is 0 Å². The maximum absolute atomic E-state index is 8.75. The monoisotopic (exact) mass is 117 g/mol. The number of thiocarbonyl (C=S) groups is 1. The zero-order chi connectivity index (χ0) is 5.28. The molecular formula is C4H7NOS. The number of hydrogen-bond donors (Lipinski definition) is 2. The van der Waals surface area contributed by atoms with Gasteiger partial charge < -0.3 is 10.4 Å². The van der Waals surface area contributed by atoms with Crippen LogP contribution in [0.1, 0.15) is 6.42 Å². The maximum Gasteiger partial charge on any atom is 0.0780 e. The minimum absolute atomic E-state index is 0.229. The van der Waals surface area contributed by atoms with E-state index in [1.165, 1.54) is 0 Å². The van der Waals surface area contributed by atoms with E-state index in [0.717, 1.165) is 4.99 Å². The van der Waals surface area contributed by atoms with Gasteiger partial charge in [0.2, 0.25) is 0 Å². The van der Waals surface area contributed by atoms with E-state index in [1.54, 1.807) is 0 Å². The summed E-state index contributed by atoms with van der Waals surface area (Å²) in [5.74, 6) is 0. The van der Waals surface area contributed by atoms with Crippen LogP contribution in [0.2, 0.25) is 0 Å². The largest absolute Gasteiger partial charge is 0.391 e. The highest BCUT2D eigenvalue weighted by Gasteiger charge is 2.13. The molecule has 2 nitrogen and oxygen atoms in total. The third-order valence-corrected chi connectivity index (χ3v) is 1.27. The molecule has 1 heterocycles. The molecule has 1 unspecified atom stereocenters. The summed E-state index contributed by atoms with van der Waals surface area (Å²) in [5, 5.41) is 11.6. The second-order valence-electron chi connectivity index (χ2n) is 1.66. The van der Waals surface area contributed by atoms with Gasteiger partial charge in [0.1, 0.15) is 0 Å². The summed E-state index contributed by atoms with van der Waals surface area (Å²) >= 11 is 4.72. The molecule has 0 bridgehead atoms. The lowest BCUT2D eigenvalue weighted by molar-refractivity contribution is 0.200. The van der Waals surface area contributed by atoms with Gasteiger partial charge in [-0.15, -0.1) is 0 Å². The Morgan fingerprint density at radius 2 is 2.57 bits per heavy atom. The van der Waals surface area contributed by atoms with E-state index in [2.05, 4.69) is 5.32 Å². The fourth-order valence-electron chi connectivity index (χ4n) is 0.590. The third-order valence-electron chi connectivity index (χ3n) is 0.956. The molecule has 40 valence electrons. The molecule has 0 aromatic carbocycles. The normalized spacial score (nSPS) is 30.4. The van der Waals surface area contributed by atoms with E-state index in [0.29, 0.717) is 13.0 Å². The number of rotatable bonds is 0. The molecule has 0 amide bonds. The standard InChI is InChI=1S/C4H7NOS/c6-3-1-4(7)5-2-3/h3,6H,1-2H2,(H,5,7). The van der Waals surface area contributed by atoms with Crippen LogP contribution in [-0.2, 0) is 0 Å². The Kier molecular flexibility index (Phi) is 1.25. The molecule has 0 radical (unpaired) electrons. The second kappa shape index (κ2) is 1.76. The molecule has 1 rings (SSSR count). The zero-order valence-corrected chi connectivity index (χ0v) is 4.66. The summed E-state index contributed by atoms with van der Waals surface area (Å²) in [6.07, 6.45) is 0.419. The molecule has 1 aliphatic rings. The third kappa shape index (κ3) is 1.11. The van der Waals surface area contributed by atoms with Gasteiger partial charge in [-0.1, -0.05) is 12.2 Å². The van der Waals surface area contributed by atoms with Crippen molar-refractivity contribution >= 4 is 17.2 Å². The molecule has 1 saturated heterocycles. The van der Waals surface area contributed by atoms with Crippen molar-refractivity contribution in [3.05, 3.63) is 0 Å². The first-order valence-corrected chi connectivity index (χ1v) is 2.64. The number of hydrogen-bond acceptors (Lipinski definition) is 2. The van der Waals surface area contributed by atoms with Gasteiger partial charge in [-0.25, -0.2) is 0 Å². The van der Waals surface area contributed by atoms with E-state index in [4.69, 9.17) is 17.3 Å². The van der Waals surface area contributed by atoms with Crippen LogP contribution in [0, 0.1) is 0 Å². The van der Waals surface area contributed by atoms with Crippen LogP contribution >= 0.6 is 12.2 Å². The van der Waals surface area contributed by atoms with Crippen LogP contribution in [0.5, 0.6) is 0 Å². The summed E-state index contributed by atoms with van der Waals surface area (Å²) in [6, 6.07) is 0. The second-order valence-corrected chi connectivity index (χ2v) is 2.15. The summed E-state index contributed by atoms with van der Waals surface area (Å²) < 4.78 is 0. The van der Waals surface area contributed by atoms with Gasteiger partial charge in [0.05, 0.1) is 11.1 Å². The van der Waals surface area contributed by atoms with E-state index in [-0.39, 0.29) is 6.10 Å². The summed E-state index contributed by atoms with van der Waals surface area (Å²) in [4.78, 5) is 0.785. The van der Waals surface area contributed by atoms with Gasteiger partial charge in [-0.3, -0.25) is 0 Å². The van der Waals surface area contributed by atoms with Gasteiger partial charge in [-0.2, -0.15) is 0 Å². The van der Waals surface area contributed by atoms with Gasteiger partial charge in [0.15, 0.2) is 0 Å². The van der Waals surface area contributed by atoms with E-state index in [1.807, 2.05) is 0 Å². The Bertz CT molecular complexity index is 93.7. The molecule has 0 spiro atoms. The predicted octanol–water partition coefficient (Wildman–Crippen LogP) is -0.332. The van der Waals surface area contributed by atoms with Crippen LogP contribution in [-0.4, -0.2) is 22.7 Å². The highest BCUT2D eigenvalue weighted by molar-refractivity contribution is 7.80. The van der Waals surface area contributed by atoms with E-state index >= 15 is 0 Å². The van der Waals surface area contributed by atoms with Crippen LogP contribution in [0.4, 0.5) is 0 Å². The minimum atomic E-state index is -0.229. The van der Waals surface area contributed by atoms with Gasteiger partial charge in [0, 0.05) is 13.0 Å².